The molecule has 96 heavy (non-hydrogen) atoms. The summed E-state index contributed by atoms with van der Waals surface area (Å²) in [5.74, 6) is -0.645. The first-order valence-corrected chi connectivity index (χ1v) is 43.0. The summed E-state index contributed by atoms with van der Waals surface area (Å²) in [6.07, 6.45) is 57.0. The predicted octanol–water partition coefficient (Wildman–Crippen LogP) is 22.7. The molecule has 0 aliphatic rings. The lowest BCUT2D eigenvalue weighted by Crippen LogP contribution is -2.30. The third-order valence-corrected chi connectivity index (χ3v) is 19.9. The average Bonchev–Trinajstić information content (AvgIpc) is 1.44. The summed E-state index contributed by atoms with van der Waals surface area (Å²) >= 11 is 0. The number of carbonyl (C=O) groups excluding carboxylic acids is 4. The van der Waals surface area contributed by atoms with Gasteiger partial charge in [-0.05, 0) is 37.5 Å². The van der Waals surface area contributed by atoms with Gasteiger partial charge in [0.1, 0.15) is 19.3 Å². The number of aliphatic hydroxyl groups is 1. The Kier molecular flexibility index (Phi) is 67.4. The van der Waals surface area contributed by atoms with Crippen molar-refractivity contribution in [1.82, 2.24) is 0 Å². The highest BCUT2D eigenvalue weighted by molar-refractivity contribution is 7.47. The number of hydrogen-bond donors (Lipinski definition) is 3. The predicted molar refractivity (Wildman–Crippen MR) is 391 cm³/mol. The number of hydrogen-bond acceptors (Lipinski definition) is 15. The highest BCUT2D eigenvalue weighted by atomic mass is 31.2. The van der Waals surface area contributed by atoms with Crippen LogP contribution < -0.4 is 0 Å². The molecular weight excluding hydrogens is 1260 g/mol. The molecule has 0 aliphatic carbocycles. The van der Waals surface area contributed by atoms with Crippen molar-refractivity contribution in [1.29, 1.82) is 0 Å². The summed E-state index contributed by atoms with van der Waals surface area (Å²) in [5.41, 5.74) is 0. The van der Waals surface area contributed by atoms with Crippen LogP contribution >= 0.6 is 15.6 Å². The zero-order valence-electron chi connectivity index (χ0n) is 62.7. The van der Waals surface area contributed by atoms with Crippen LogP contribution in [0.5, 0.6) is 0 Å². The monoisotopic (exact) mass is 1410 g/mol. The number of carbonyl (C=O) groups is 4. The SMILES string of the molecule is CCCCCCCCCCCCCCCCCCCCCC(=O)O[C@H](COC(=O)CCCCCCCCCCCCCCCC(C)C)COP(=O)(O)OC[C@@H](O)COP(=O)(O)OC[C@@H](COC(=O)CCCCCCCCC(C)C)OC(=O)CCCCCCCCCCCCCC. The Morgan fingerprint density at radius 3 is 0.708 bits per heavy atom. The van der Waals surface area contributed by atoms with Crippen LogP contribution in [-0.4, -0.2) is 96.7 Å². The zero-order chi connectivity index (χ0) is 70.7. The number of esters is 4. The van der Waals surface area contributed by atoms with Crippen LogP contribution in [0.3, 0.4) is 0 Å². The van der Waals surface area contributed by atoms with E-state index in [1.165, 1.54) is 212 Å². The molecule has 0 bridgehead atoms. The van der Waals surface area contributed by atoms with E-state index in [-0.39, 0.29) is 25.7 Å². The number of ether oxygens (including phenoxy) is 4. The summed E-state index contributed by atoms with van der Waals surface area (Å²) in [5, 5.41) is 10.6. The summed E-state index contributed by atoms with van der Waals surface area (Å²) < 4.78 is 68.5. The van der Waals surface area contributed by atoms with Crippen molar-refractivity contribution in [2.24, 2.45) is 11.8 Å². The van der Waals surface area contributed by atoms with Crippen molar-refractivity contribution in [3.05, 3.63) is 0 Å². The molecule has 0 radical (unpaired) electrons. The molecule has 0 heterocycles. The Balaban J connectivity index is 5.22. The fourth-order valence-corrected chi connectivity index (χ4v) is 13.4. The number of aliphatic hydroxyl groups excluding tert-OH is 1. The molecule has 0 aromatic rings. The average molecular weight is 1410 g/mol. The Bertz CT molecular complexity index is 1860. The molecule has 0 rings (SSSR count). The maximum Gasteiger partial charge on any atom is 0.472 e. The number of phosphoric ester groups is 2. The largest absolute Gasteiger partial charge is 0.472 e. The number of phosphoric acid groups is 2. The van der Waals surface area contributed by atoms with E-state index in [9.17, 15) is 43.2 Å². The van der Waals surface area contributed by atoms with Gasteiger partial charge in [0.05, 0.1) is 26.4 Å². The molecule has 0 fully saturated rings. The Morgan fingerprint density at radius 2 is 0.479 bits per heavy atom. The Labute approximate surface area is 588 Å². The summed E-state index contributed by atoms with van der Waals surface area (Å²) in [4.78, 5) is 72.8. The lowest BCUT2D eigenvalue weighted by molar-refractivity contribution is -0.161. The van der Waals surface area contributed by atoms with Crippen LogP contribution in [0.25, 0.3) is 0 Å². The minimum absolute atomic E-state index is 0.106. The van der Waals surface area contributed by atoms with Gasteiger partial charge in [0.2, 0.25) is 0 Å². The minimum Gasteiger partial charge on any atom is -0.462 e. The standard InChI is InChI=1S/C77H150O17P2/c1-7-9-11-13-15-17-19-21-22-23-24-25-26-29-34-38-42-50-56-62-77(82)93-72(65-87-74(79)59-53-47-40-36-33-30-27-28-31-35-39-45-51-57-69(3)4)67-91-95(83,84)89-63-71(78)64-90-96(85,86)92-68-73(66-88-75(80)60-54-48-44-43-46-52-58-70(5)6)94-76(81)61-55-49-41-37-32-20-18-16-14-12-10-8-2/h69-73,78H,7-68H2,1-6H3,(H,83,84)(H,85,86)/t71-,72-,73-/m1/s1. The van der Waals surface area contributed by atoms with Gasteiger partial charge < -0.3 is 33.8 Å². The van der Waals surface area contributed by atoms with Crippen LogP contribution in [0, 0.1) is 11.8 Å². The number of unbranched alkanes of at least 4 members (excludes halogenated alkanes) is 46. The lowest BCUT2D eigenvalue weighted by Gasteiger charge is -2.21. The second-order valence-electron chi connectivity index (χ2n) is 28.7. The van der Waals surface area contributed by atoms with Gasteiger partial charge in [0, 0.05) is 25.7 Å². The maximum absolute atomic E-state index is 13.1. The van der Waals surface area contributed by atoms with Gasteiger partial charge in [0.15, 0.2) is 12.2 Å². The van der Waals surface area contributed by atoms with Gasteiger partial charge >= 0.3 is 39.5 Å². The molecule has 2 unspecified atom stereocenters. The molecule has 0 aliphatic heterocycles. The second-order valence-corrected chi connectivity index (χ2v) is 31.6. The van der Waals surface area contributed by atoms with Crippen LogP contribution in [0.15, 0.2) is 0 Å². The maximum atomic E-state index is 13.1. The third-order valence-electron chi connectivity index (χ3n) is 18.0. The van der Waals surface area contributed by atoms with Crippen LogP contribution in [0.2, 0.25) is 0 Å². The molecular formula is C77H150O17P2. The van der Waals surface area contributed by atoms with E-state index in [1.807, 2.05) is 0 Å². The highest BCUT2D eigenvalue weighted by Gasteiger charge is 2.30. The summed E-state index contributed by atoms with van der Waals surface area (Å²) in [6, 6.07) is 0. The fourth-order valence-electron chi connectivity index (χ4n) is 11.8. The van der Waals surface area contributed by atoms with E-state index in [2.05, 4.69) is 41.5 Å². The van der Waals surface area contributed by atoms with Crippen molar-refractivity contribution >= 4 is 39.5 Å². The molecule has 5 atom stereocenters. The first kappa shape index (κ1) is 94.1. The summed E-state index contributed by atoms with van der Waals surface area (Å²) in [6.45, 7) is 9.54. The molecule has 19 heteroatoms. The molecule has 0 saturated carbocycles. The normalized spacial score (nSPS) is 14.0. The van der Waals surface area contributed by atoms with Gasteiger partial charge in [-0.15, -0.1) is 0 Å². The molecule has 0 aromatic carbocycles. The van der Waals surface area contributed by atoms with E-state index in [0.717, 1.165) is 102 Å². The lowest BCUT2D eigenvalue weighted by atomic mass is 10.0. The van der Waals surface area contributed by atoms with Gasteiger partial charge in [-0.25, -0.2) is 9.13 Å². The first-order valence-electron chi connectivity index (χ1n) is 40.0. The van der Waals surface area contributed by atoms with Crippen molar-refractivity contribution < 1.29 is 80.2 Å². The summed E-state index contributed by atoms with van der Waals surface area (Å²) in [7, 11) is -9.91. The van der Waals surface area contributed by atoms with Crippen molar-refractivity contribution in [2.45, 2.75) is 419 Å². The zero-order valence-corrected chi connectivity index (χ0v) is 64.5. The van der Waals surface area contributed by atoms with E-state index < -0.39 is 97.5 Å². The topological polar surface area (TPSA) is 237 Å². The van der Waals surface area contributed by atoms with Gasteiger partial charge in [0.25, 0.3) is 0 Å². The highest BCUT2D eigenvalue weighted by Crippen LogP contribution is 2.45. The van der Waals surface area contributed by atoms with Crippen LogP contribution in [0.1, 0.15) is 401 Å². The van der Waals surface area contributed by atoms with Gasteiger partial charge in [-0.2, -0.15) is 0 Å². The van der Waals surface area contributed by atoms with Crippen molar-refractivity contribution in [3.8, 4) is 0 Å². The molecule has 17 nitrogen and oxygen atoms in total. The van der Waals surface area contributed by atoms with E-state index in [1.54, 1.807) is 0 Å². The fraction of sp³-hybridized carbons (Fsp3) is 0.948. The van der Waals surface area contributed by atoms with E-state index in [0.29, 0.717) is 31.6 Å². The quantitative estimate of drug-likeness (QED) is 0.0222. The van der Waals surface area contributed by atoms with Crippen molar-refractivity contribution in [3.63, 3.8) is 0 Å². The first-order chi connectivity index (χ1) is 46.4. The Hall–Kier alpha value is -1.94. The smallest absolute Gasteiger partial charge is 0.462 e. The minimum atomic E-state index is -4.96. The second kappa shape index (κ2) is 68.8. The van der Waals surface area contributed by atoms with Gasteiger partial charge in [-0.1, -0.05) is 350 Å². The van der Waals surface area contributed by atoms with E-state index >= 15 is 0 Å². The molecule has 570 valence electrons. The molecule has 0 aromatic heterocycles. The van der Waals surface area contributed by atoms with Crippen molar-refractivity contribution in [2.75, 3.05) is 39.6 Å². The van der Waals surface area contributed by atoms with Crippen LogP contribution in [-0.2, 0) is 65.4 Å². The molecule has 3 N–H and O–H groups in total. The molecule has 0 spiro atoms. The number of rotatable bonds is 76. The Morgan fingerprint density at radius 1 is 0.281 bits per heavy atom. The van der Waals surface area contributed by atoms with Crippen LogP contribution in [0.4, 0.5) is 0 Å². The van der Waals surface area contributed by atoms with Gasteiger partial charge in [-0.3, -0.25) is 37.3 Å². The third kappa shape index (κ3) is 70.5. The van der Waals surface area contributed by atoms with E-state index in [4.69, 9.17) is 37.0 Å². The molecule has 0 saturated heterocycles. The molecule has 0 amide bonds.